The molecule has 0 fully saturated rings. The Balaban J connectivity index is 2.60. The van der Waals surface area contributed by atoms with Crippen LogP contribution in [0.3, 0.4) is 0 Å². The molecule has 0 aliphatic heterocycles. The molecule has 0 saturated carbocycles. The highest BCUT2D eigenvalue weighted by atomic mass is 19.4. The monoisotopic (exact) mass is 453 g/mol. The zero-order valence-electron chi connectivity index (χ0n) is 14.5. The van der Waals surface area contributed by atoms with Gasteiger partial charge < -0.3 is 0 Å². The Labute approximate surface area is 160 Å². The molecular weight excluding hydrogens is 444 g/mol. The largest absolute Gasteiger partial charge is 0.459 e. The van der Waals surface area contributed by atoms with Crippen LogP contribution in [0.4, 0.5) is 49.6 Å². The zero-order chi connectivity index (χ0) is 23.3. The highest BCUT2D eigenvalue weighted by molar-refractivity contribution is 5.42. The first kappa shape index (κ1) is 23.4. The van der Waals surface area contributed by atoms with Crippen LogP contribution in [0.5, 0.6) is 0 Å². The topological polar surface area (TPSA) is 61.0 Å². The normalized spacial score (nSPS) is 13.6. The molecule has 166 valence electrons. The van der Waals surface area contributed by atoms with Gasteiger partial charge in [-0.2, -0.15) is 49.0 Å². The van der Waals surface area contributed by atoms with Gasteiger partial charge in [0, 0.05) is 17.8 Å². The van der Waals surface area contributed by atoms with Crippen LogP contribution in [-0.2, 0) is 18.4 Å². The van der Waals surface area contributed by atoms with E-state index in [-0.39, 0.29) is 27.7 Å². The fraction of sp³-hybridized carbons (Fsp3) is 0.400. The second kappa shape index (κ2) is 7.12. The smallest absolute Gasteiger partial charge is 0.267 e. The third kappa shape index (κ3) is 4.05. The van der Waals surface area contributed by atoms with Crippen molar-refractivity contribution in [3.63, 3.8) is 0 Å². The SMILES string of the molecule is Cc1cc(Cn2cc(C(F)(F)C(F)(F)F)c(C(F)(F)C(F)(F)F)n2)ccc1[N+](=O)[O-]. The molecule has 0 N–H and O–H groups in total. The molecule has 30 heavy (non-hydrogen) atoms. The van der Waals surface area contributed by atoms with Gasteiger partial charge in [-0.1, -0.05) is 6.07 Å². The first-order valence-electron chi connectivity index (χ1n) is 7.61. The molecule has 0 radical (unpaired) electrons. The van der Waals surface area contributed by atoms with Gasteiger partial charge in [-0.05, 0) is 18.6 Å². The first-order chi connectivity index (χ1) is 13.4. The third-order valence-electron chi connectivity index (χ3n) is 3.91. The van der Waals surface area contributed by atoms with Crippen molar-refractivity contribution in [2.24, 2.45) is 0 Å². The summed E-state index contributed by atoms with van der Waals surface area (Å²) < 4.78 is 130. The molecule has 1 heterocycles. The van der Waals surface area contributed by atoms with E-state index in [2.05, 4.69) is 5.10 Å². The van der Waals surface area contributed by atoms with E-state index >= 15 is 0 Å². The first-order valence-corrected chi connectivity index (χ1v) is 7.61. The minimum absolute atomic E-state index is 0.0198. The predicted molar refractivity (Wildman–Crippen MR) is 79.1 cm³/mol. The van der Waals surface area contributed by atoms with Crippen LogP contribution in [0, 0.1) is 17.0 Å². The Morgan fingerprint density at radius 2 is 1.50 bits per heavy atom. The fourth-order valence-electron chi connectivity index (χ4n) is 2.46. The van der Waals surface area contributed by atoms with Crippen molar-refractivity contribution in [3.8, 4) is 0 Å². The van der Waals surface area contributed by atoms with Crippen molar-refractivity contribution in [2.75, 3.05) is 0 Å². The summed E-state index contributed by atoms with van der Waals surface area (Å²) in [5.41, 5.74) is -5.85. The van der Waals surface area contributed by atoms with E-state index in [9.17, 15) is 54.0 Å². The molecular formula is C15H9F10N3O2. The number of nitro benzene ring substituents is 1. The standard InChI is InChI=1S/C15H9F10N3O2/c1-7-4-8(2-3-10(7)28(29)30)5-27-6-9(12(16,17)14(20,21)22)11(26-27)13(18,19)15(23,24)25/h2-4,6H,5H2,1H3. The number of benzene rings is 1. The summed E-state index contributed by atoms with van der Waals surface area (Å²) in [6.07, 6.45) is -13.2. The number of nitro groups is 1. The lowest BCUT2D eigenvalue weighted by molar-refractivity contribution is -0.385. The van der Waals surface area contributed by atoms with Gasteiger partial charge in [0.15, 0.2) is 5.69 Å². The molecule has 0 bridgehead atoms. The van der Waals surface area contributed by atoms with Gasteiger partial charge in [-0.25, -0.2) is 0 Å². The van der Waals surface area contributed by atoms with Gasteiger partial charge in [0.25, 0.3) is 5.69 Å². The average molecular weight is 453 g/mol. The number of hydrogen-bond donors (Lipinski definition) is 0. The molecule has 0 spiro atoms. The Kier molecular flexibility index (Phi) is 5.56. The van der Waals surface area contributed by atoms with Gasteiger partial charge >= 0.3 is 24.2 Å². The quantitative estimate of drug-likeness (QED) is 0.344. The molecule has 5 nitrogen and oxygen atoms in total. The Bertz CT molecular complexity index is 919. The van der Waals surface area contributed by atoms with E-state index in [1.807, 2.05) is 0 Å². The third-order valence-corrected chi connectivity index (χ3v) is 3.91. The van der Waals surface area contributed by atoms with Crippen LogP contribution >= 0.6 is 0 Å². The lowest BCUT2D eigenvalue weighted by atomic mass is 10.0. The van der Waals surface area contributed by atoms with E-state index in [1.54, 1.807) is 0 Å². The molecule has 2 aromatic rings. The van der Waals surface area contributed by atoms with Crippen molar-refractivity contribution in [3.05, 3.63) is 56.9 Å². The molecule has 15 heteroatoms. The molecule has 2 rings (SSSR count). The second-order valence-corrected chi connectivity index (χ2v) is 6.11. The maximum atomic E-state index is 13.6. The van der Waals surface area contributed by atoms with Crippen molar-refractivity contribution in [1.29, 1.82) is 0 Å². The molecule has 0 atom stereocenters. The van der Waals surface area contributed by atoms with Crippen molar-refractivity contribution < 1.29 is 48.8 Å². The lowest BCUT2D eigenvalue weighted by Crippen LogP contribution is -2.40. The molecule has 0 aliphatic carbocycles. The van der Waals surface area contributed by atoms with Crippen LogP contribution in [0.15, 0.2) is 24.4 Å². The summed E-state index contributed by atoms with van der Waals surface area (Å²) in [7, 11) is 0. The van der Waals surface area contributed by atoms with Crippen LogP contribution in [0.25, 0.3) is 0 Å². The molecule has 1 aromatic carbocycles. The minimum atomic E-state index is -6.49. The maximum Gasteiger partial charge on any atom is 0.459 e. The summed E-state index contributed by atoms with van der Waals surface area (Å²) in [5.74, 6) is -12.2. The number of aromatic nitrogens is 2. The van der Waals surface area contributed by atoms with Gasteiger partial charge in [-0.15, -0.1) is 0 Å². The lowest BCUT2D eigenvalue weighted by Gasteiger charge is -2.23. The van der Waals surface area contributed by atoms with Crippen molar-refractivity contribution in [1.82, 2.24) is 9.78 Å². The van der Waals surface area contributed by atoms with E-state index in [1.165, 1.54) is 6.92 Å². The number of aryl methyl sites for hydroxylation is 1. The van der Waals surface area contributed by atoms with Crippen LogP contribution in [-0.4, -0.2) is 27.1 Å². The minimum Gasteiger partial charge on any atom is -0.267 e. The number of hydrogen-bond acceptors (Lipinski definition) is 3. The summed E-state index contributed by atoms with van der Waals surface area (Å²) in [6, 6.07) is 3.02. The highest BCUT2D eigenvalue weighted by Gasteiger charge is 2.67. The van der Waals surface area contributed by atoms with Crippen LogP contribution in [0.1, 0.15) is 22.4 Å². The Hall–Kier alpha value is -2.87. The van der Waals surface area contributed by atoms with Crippen molar-refractivity contribution in [2.45, 2.75) is 37.7 Å². The average Bonchev–Trinajstić information content (AvgIpc) is 2.97. The van der Waals surface area contributed by atoms with Gasteiger partial charge in [-0.3, -0.25) is 14.8 Å². The van der Waals surface area contributed by atoms with E-state index in [4.69, 9.17) is 0 Å². The number of rotatable bonds is 5. The molecule has 0 amide bonds. The Morgan fingerprint density at radius 3 is 1.93 bits per heavy atom. The Morgan fingerprint density at radius 1 is 0.967 bits per heavy atom. The summed E-state index contributed by atoms with van der Waals surface area (Å²) in [4.78, 5) is 9.98. The number of nitrogens with zero attached hydrogens (tertiary/aromatic N) is 3. The van der Waals surface area contributed by atoms with E-state index < -0.39 is 46.9 Å². The second-order valence-electron chi connectivity index (χ2n) is 6.11. The summed E-state index contributed by atoms with van der Waals surface area (Å²) >= 11 is 0. The molecule has 0 unspecified atom stereocenters. The van der Waals surface area contributed by atoms with Crippen molar-refractivity contribution >= 4 is 5.69 Å². The molecule has 1 aromatic heterocycles. The van der Waals surface area contributed by atoms with E-state index in [0.29, 0.717) is 0 Å². The predicted octanol–water partition coefficient (Wildman–Crippen LogP) is 5.46. The van der Waals surface area contributed by atoms with E-state index in [0.717, 1.165) is 18.2 Å². The molecule has 0 aliphatic rings. The highest BCUT2D eigenvalue weighted by Crippen LogP contribution is 2.51. The van der Waals surface area contributed by atoms with Gasteiger partial charge in [0.2, 0.25) is 0 Å². The number of alkyl halides is 10. The maximum absolute atomic E-state index is 13.6. The molecule has 0 saturated heterocycles. The van der Waals surface area contributed by atoms with Crippen LogP contribution in [0.2, 0.25) is 0 Å². The fourth-order valence-corrected chi connectivity index (χ4v) is 2.46. The summed E-state index contributed by atoms with van der Waals surface area (Å²) in [6.45, 7) is 0.435. The zero-order valence-corrected chi connectivity index (χ0v) is 14.5. The van der Waals surface area contributed by atoms with Gasteiger partial charge in [0.1, 0.15) is 0 Å². The number of halogens is 10. The summed E-state index contributed by atoms with van der Waals surface area (Å²) in [5, 5.41) is 13.4. The van der Waals surface area contributed by atoms with Crippen LogP contribution < -0.4 is 0 Å². The van der Waals surface area contributed by atoms with Gasteiger partial charge in [0.05, 0.1) is 17.0 Å².